The molecule has 0 saturated heterocycles. The van der Waals surface area contributed by atoms with E-state index < -0.39 is 10.0 Å². The SMILES string of the molecule is O=C(c1ccccc1)N1CCCc2ccc(NS(=O)(=O)c3ccc(Cl)cc3)cc21. The third-order valence-corrected chi connectivity index (χ3v) is 6.50. The van der Waals surface area contributed by atoms with Crippen molar-refractivity contribution in [3.8, 4) is 0 Å². The highest BCUT2D eigenvalue weighted by molar-refractivity contribution is 7.92. The lowest BCUT2D eigenvalue weighted by atomic mass is 10.00. The van der Waals surface area contributed by atoms with Gasteiger partial charge < -0.3 is 4.90 Å². The van der Waals surface area contributed by atoms with Gasteiger partial charge in [0.25, 0.3) is 15.9 Å². The van der Waals surface area contributed by atoms with E-state index in [2.05, 4.69) is 4.72 Å². The summed E-state index contributed by atoms with van der Waals surface area (Å²) in [5.74, 6) is -0.0933. The van der Waals surface area contributed by atoms with Crippen LogP contribution in [0.1, 0.15) is 22.3 Å². The number of hydrogen-bond donors (Lipinski definition) is 1. The second-order valence-electron chi connectivity index (χ2n) is 6.83. The van der Waals surface area contributed by atoms with Gasteiger partial charge >= 0.3 is 0 Å². The van der Waals surface area contributed by atoms with Gasteiger partial charge in [-0.15, -0.1) is 0 Å². The fraction of sp³-hybridized carbons (Fsp3) is 0.136. The molecule has 0 spiro atoms. The molecule has 0 aliphatic carbocycles. The summed E-state index contributed by atoms with van der Waals surface area (Å²) in [5, 5.41) is 0.466. The molecular formula is C22H19ClN2O3S. The number of benzene rings is 3. The average molecular weight is 427 g/mol. The van der Waals surface area contributed by atoms with Crippen LogP contribution < -0.4 is 9.62 Å². The molecule has 1 N–H and O–H groups in total. The van der Waals surface area contributed by atoms with Crippen molar-refractivity contribution < 1.29 is 13.2 Å². The van der Waals surface area contributed by atoms with Gasteiger partial charge in [0.2, 0.25) is 0 Å². The van der Waals surface area contributed by atoms with E-state index in [1.807, 2.05) is 24.3 Å². The Balaban J connectivity index is 1.65. The number of amides is 1. The summed E-state index contributed by atoms with van der Waals surface area (Å²) in [5.41, 5.74) is 2.77. The number of nitrogens with one attached hydrogen (secondary N) is 1. The van der Waals surface area contributed by atoms with Gasteiger partial charge in [0.15, 0.2) is 0 Å². The summed E-state index contributed by atoms with van der Waals surface area (Å²) in [4.78, 5) is 14.8. The molecule has 0 radical (unpaired) electrons. The lowest BCUT2D eigenvalue weighted by Crippen LogP contribution is -2.35. The van der Waals surface area contributed by atoms with Gasteiger partial charge in [-0.25, -0.2) is 8.42 Å². The number of anilines is 2. The number of sulfonamides is 1. The van der Waals surface area contributed by atoms with E-state index in [0.717, 1.165) is 24.1 Å². The second-order valence-corrected chi connectivity index (χ2v) is 8.95. The molecule has 7 heteroatoms. The molecule has 1 aliphatic rings. The largest absolute Gasteiger partial charge is 0.308 e. The highest BCUT2D eigenvalue weighted by Crippen LogP contribution is 2.32. The van der Waals surface area contributed by atoms with Crippen LogP contribution in [0.15, 0.2) is 77.7 Å². The first-order valence-corrected chi connectivity index (χ1v) is 11.1. The summed E-state index contributed by atoms with van der Waals surface area (Å²) in [6.07, 6.45) is 1.71. The summed E-state index contributed by atoms with van der Waals surface area (Å²) in [7, 11) is -3.76. The molecule has 0 bridgehead atoms. The highest BCUT2D eigenvalue weighted by atomic mass is 35.5. The lowest BCUT2D eigenvalue weighted by Gasteiger charge is -2.30. The van der Waals surface area contributed by atoms with Crippen LogP contribution in [0.5, 0.6) is 0 Å². The van der Waals surface area contributed by atoms with Gasteiger partial charge in [0, 0.05) is 22.8 Å². The third kappa shape index (κ3) is 4.13. The number of fused-ring (bicyclic) bond motifs is 1. The minimum absolute atomic E-state index is 0.0933. The summed E-state index contributed by atoms with van der Waals surface area (Å²) >= 11 is 5.84. The van der Waals surface area contributed by atoms with Crippen molar-refractivity contribution in [1.82, 2.24) is 0 Å². The summed E-state index contributed by atoms with van der Waals surface area (Å²) in [6.45, 7) is 0.591. The van der Waals surface area contributed by atoms with E-state index in [9.17, 15) is 13.2 Å². The minimum Gasteiger partial charge on any atom is -0.308 e. The number of aryl methyl sites for hydroxylation is 1. The second kappa shape index (κ2) is 7.89. The smallest absolute Gasteiger partial charge is 0.261 e. The number of nitrogens with zero attached hydrogens (tertiary/aromatic N) is 1. The Kier molecular flexibility index (Phi) is 5.30. The normalized spacial score (nSPS) is 13.6. The zero-order valence-corrected chi connectivity index (χ0v) is 17.1. The zero-order chi connectivity index (χ0) is 20.4. The molecule has 5 nitrogen and oxygen atoms in total. The van der Waals surface area contributed by atoms with Crippen LogP contribution in [0.2, 0.25) is 5.02 Å². The molecule has 29 heavy (non-hydrogen) atoms. The molecule has 3 aromatic rings. The molecule has 0 saturated carbocycles. The maximum atomic E-state index is 13.0. The monoisotopic (exact) mass is 426 g/mol. The molecule has 0 atom stereocenters. The van der Waals surface area contributed by atoms with Gasteiger partial charge in [-0.2, -0.15) is 0 Å². The Morgan fingerprint density at radius 3 is 2.41 bits per heavy atom. The predicted octanol–water partition coefficient (Wildman–Crippen LogP) is 4.73. The van der Waals surface area contributed by atoms with Crippen LogP contribution in [0.3, 0.4) is 0 Å². The van der Waals surface area contributed by atoms with Gasteiger partial charge in [0.1, 0.15) is 0 Å². The van der Waals surface area contributed by atoms with E-state index in [0.29, 0.717) is 22.8 Å². The highest BCUT2D eigenvalue weighted by Gasteiger charge is 2.24. The van der Waals surface area contributed by atoms with E-state index in [4.69, 9.17) is 11.6 Å². The minimum atomic E-state index is -3.76. The van der Waals surface area contributed by atoms with Crippen molar-refractivity contribution in [2.45, 2.75) is 17.7 Å². The van der Waals surface area contributed by atoms with Gasteiger partial charge in [-0.3, -0.25) is 9.52 Å². The molecular weight excluding hydrogens is 408 g/mol. The molecule has 3 aromatic carbocycles. The van der Waals surface area contributed by atoms with Crippen LogP contribution in [0.4, 0.5) is 11.4 Å². The number of carbonyl (C=O) groups excluding carboxylic acids is 1. The molecule has 0 unspecified atom stereocenters. The van der Waals surface area contributed by atoms with Gasteiger partial charge in [0.05, 0.1) is 10.6 Å². The van der Waals surface area contributed by atoms with Crippen molar-refractivity contribution in [1.29, 1.82) is 0 Å². The summed E-state index contributed by atoms with van der Waals surface area (Å²) < 4.78 is 28.0. The Labute approximate surface area is 175 Å². The lowest BCUT2D eigenvalue weighted by molar-refractivity contribution is 0.0985. The van der Waals surface area contributed by atoms with Crippen LogP contribution in [-0.4, -0.2) is 20.9 Å². The number of carbonyl (C=O) groups is 1. The fourth-order valence-corrected chi connectivity index (χ4v) is 4.59. The molecule has 0 fully saturated rings. The molecule has 1 heterocycles. The zero-order valence-electron chi connectivity index (χ0n) is 15.5. The van der Waals surface area contributed by atoms with Crippen molar-refractivity contribution in [3.63, 3.8) is 0 Å². The van der Waals surface area contributed by atoms with Crippen molar-refractivity contribution >= 4 is 38.9 Å². The molecule has 1 aliphatic heterocycles. The number of hydrogen-bond acceptors (Lipinski definition) is 3. The van der Waals surface area contributed by atoms with E-state index in [1.54, 1.807) is 29.2 Å². The van der Waals surface area contributed by atoms with E-state index in [-0.39, 0.29) is 10.8 Å². The average Bonchev–Trinajstić information content (AvgIpc) is 2.73. The Morgan fingerprint density at radius 1 is 0.966 bits per heavy atom. The van der Waals surface area contributed by atoms with E-state index >= 15 is 0 Å². The first-order chi connectivity index (χ1) is 13.9. The topological polar surface area (TPSA) is 66.5 Å². The van der Waals surface area contributed by atoms with Gasteiger partial charge in [-0.1, -0.05) is 35.9 Å². The van der Waals surface area contributed by atoms with Crippen LogP contribution >= 0.6 is 11.6 Å². The van der Waals surface area contributed by atoms with Crippen LogP contribution in [0.25, 0.3) is 0 Å². The standard InChI is InChI=1S/C22H19ClN2O3S/c23-18-9-12-20(13-10-18)29(27,28)24-19-11-8-16-7-4-14-25(21(16)15-19)22(26)17-5-2-1-3-6-17/h1-3,5-6,8-13,15,24H,4,7,14H2. The maximum absolute atomic E-state index is 13.0. The number of halogens is 1. The Hall–Kier alpha value is -2.83. The van der Waals surface area contributed by atoms with Crippen molar-refractivity contribution in [2.24, 2.45) is 0 Å². The molecule has 4 rings (SSSR count). The molecule has 1 amide bonds. The summed E-state index contributed by atoms with van der Waals surface area (Å²) in [6, 6.07) is 20.4. The third-order valence-electron chi connectivity index (χ3n) is 4.85. The maximum Gasteiger partial charge on any atom is 0.261 e. The van der Waals surface area contributed by atoms with Crippen LogP contribution in [0, 0.1) is 0 Å². The first kappa shape index (κ1) is 19.5. The molecule has 148 valence electrons. The van der Waals surface area contributed by atoms with Crippen molar-refractivity contribution in [3.05, 3.63) is 88.9 Å². The quantitative estimate of drug-likeness (QED) is 0.655. The Bertz CT molecular complexity index is 1150. The van der Waals surface area contributed by atoms with E-state index in [1.165, 1.54) is 24.3 Å². The first-order valence-electron chi connectivity index (χ1n) is 9.22. The van der Waals surface area contributed by atoms with Crippen LogP contribution in [-0.2, 0) is 16.4 Å². The predicted molar refractivity (Wildman–Crippen MR) is 115 cm³/mol. The van der Waals surface area contributed by atoms with Crippen molar-refractivity contribution in [2.75, 3.05) is 16.2 Å². The Morgan fingerprint density at radius 2 is 1.69 bits per heavy atom. The number of rotatable bonds is 4. The van der Waals surface area contributed by atoms with Gasteiger partial charge in [-0.05, 0) is 66.9 Å². The fourth-order valence-electron chi connectivity index (χ4n) is 3.41. The molecule has 0 aromatic heterocycles.